The van der Waals surface area contributed by atoms with Crippen LogP contribution in [-0.4, -0.2) is 48.4 Å². The van der Waals surface area contributed by atoms with Crippen LogP contribution in [-0.2, 0) is 0 Å². The van der Waals surface area contributed by atoms with Gasteiger partial charge < -0.3 is 9.80 Å². The summed E-state index contributed by atoms with van der Waals surface area (Å²) in [7, 11) is 2.17. The standard InChI is InChI=1S/C20H24N2OS/c1-21-11-6-8-16(14-21)17-9-4-5-12-22(17)20(23)19-13-15-7-2-3-10-18(15)24-19/h2-3,7-8,10,13,17H,4-6,9,11-12,14H2,1H3/t17-/m1/s1. The van der Waals surface area contributed by atoms with Crippen molar-refractivity contribution < 1.29 is 4.79 Å². The van der Waals surface area contributed by atoms with Gasteiger partial charge in [-0.3, -0.25) is 4.79 Å². The number of nitrogens with zero attached hydrogens (tertiary/aromatic N) is 2. The van der Waals surface area contributed by atoms with Crippen LogP contribution < -0.4 is 0 Å². The minimum atomic E-state index is 0.218. The highest BCUT2D eigenvalue weighted by Crippen LogP contribution is 2.31. The number of hydrogen-bond donors (Lipinski definition) is 0. The molecule has 1 fully saturated rings. The van der Waals surface area contributed by atoms with E-state index in [1.165, 1.54) is 22.1 Å². The van der Waals surface area contributed by atoms with Gasteiger partial charge in [0, 0.05) is 24.3 Å². The Hall–Kier alpha value is -1.65. The van der Waals surface area contributed by atoms with Crippen LogP contribution in [0, 0.1) is 0 Å². The zero-order chi connectivity index (χ0) is 16.5. The van der Waals surface area contributed by atoms with E-state index >= 15 is 0 Å². The van der Waals surface area contributed by atoms with Crippen molar-refractivity contribution in [3.63, 3.8) is 0 Å². The van der Waals surface area contributed by atoms with Gasteiger partial charge in [-0.1, -0.05) is 24.3 Å². The number of benzene rings is 1. The molecule has 4 heteroatoms. The van der Waals surface area contributed by atoms with Crippen molar-refractivity contribution in [3.05, 3.63) is 46.9 Å². The number of amides is 1. The minimum absolute atomic E-state index is 0.218. The molecule has 1 amide bonds. The normalized spacial score (nSPS) is 22.6. The molecule has 0 saturated carbocycles. The van der Waals surface area contributed by atoms with Gasteiger partial charge in [0.2, 0.25) is 0 Å². The second kappa shape index (κ2) is 6.69. The minimum Gasteiger partial charge on any atom is -0.331 e. The Morgan fingerprint density at radius 3 is 2.92 bits per heavy atom. The highest BCUT2D eigenvalue weighted by atomic mass is 32.1. The van der Waals surface area contributed by atoms with E-state index in [9.17, 15) is 4.79 Å². The third-order valence-corrected chi connectivity index (χ3v) is 6.30. The number of likely N-dealkylation sites (tertiary alicyclic amines) is 1. The van der Waals surface area contributed by atoms with Crippen molar-refractivity contribution >= 4 is 27.3 Å². The number of fused-ring (bicyclic) bond motifs is 1. The average molecular weight is 340 g/mol. The Labute approximate surface area is 147 Å². The molecular weight excluding hydrogens is 316 g/mol. The van der Waals surface area contributed by atoms with Crippen LogP contribution in [0.4, 0.5) is 0 Å². The highest BCUT2D eigenvalue weighted by molar-refractivity contribution is 7.20. The molecule has 3 nitrogen and oxygen atoms in total. The van der Waals surface area contributed by atoms with Crippen LogP contribution in [0.1, 0.15) is 35.4 Å². The van der Waals surface area contributed by atoms with Crippen molar-refractivity contribution in [3.8, 4) is 0 Å². The monoisotopic (exact) mass is 340 g/mol. The second-order valence-electron chi connectivity index (χ2n) is 6.96. The van der Waals surface area contributed by atoms with E-state index in [4.69, 9.17) is 0 Å². The molecule has 2 aliphatic heterocycles. The zero-order valence-corrected chi connectivity index (χ0v) is 15.0. The summed E-state index contributed by atoms with van der Waals surface area (Å²) < 4.78 is 1.20. The summed E-state index contributed by atoms with van der Waals surface area (Å²) in [6.07, 6.45) is 6.93. The molecule has 2 aromatic rings. The van der Waals surface area contributed by atoms with Gasteiger partial charge in [-0.2, -0.15) is 0 Å². The highest BCUT2D eigenvalue weighted by Gasteiger charge is 2.31. The lowest BCUT2D eigenvalue weighted by atomic mass is 9.92. The Kier molecular flexibility index (Phi) is 4.42. The maximum atomic E-state index is 13.2. The van der Waals surface area contributed by atoms with Crippen LogP contribution in [0.15, 0.2) is 42.0 Å². The first-order valence-electron chi connectivity index (χ1n) is 8.89. The Morgan fingerprint density at radius 1 is 1.21 bits per heavy atom. The van der Waals surface area contributed by atoms with Crippen LogP contribution in [0.2, 0.25) is 0 Å². The number of carbonyl (C=O) groups is 1. The number of thiophene rings is 1. The molecule has 1 aromatic heterocycles. The molecule has 3 heterocycles. The maximum absolute atomic E-state index is 13.2. The molecule has 0 aliphatic carbocycles. The van der Waals surface area contributed by atoms with Gasteiger partial charge in [-0.15, -0.1) is 11.3 Å². The van der Waals surface area contributed by atoms with Gasteiger partial charge in [0.05, 0.1) is 10.9 Å². The van der Waals surface area contributed by atoms with E-state index in [1.807, 2.05) is 12.1 Å². The van der Waals surface area contributed by atoms with Gasteiger partial charge in [0.1, 0.15) is 0 Å². The van der Waals surface area contributed by atoms with Crippen LogP contribution in [0.3, 0.4) is 0 Å². The third kappa shape index (κ3) is 3.01. The van der Waals surface area contributed by atoms with Gasteiger partial charge in [-0.25, -0.2) is 0 Å². The molecule has 1 atom stereocenters. The van der Waals surface area contributed by atoms with Gasteiger partial charge in [0.25, 0.3) is 5.91 Å². The van der Waals surface area contributed by atoms with Gasteiger partial charge in [-0.05, 0) is 55.8 Å². The van der Waals surface area contributed by atoms with Crippen molar-refractivity contribution in [2.45, 2.75) is 31.7 Å². The van der Waals surface area contributed by atoms with Crippen molar-refractivity contribution in [2.75, 3.05) is 26.7 Å². The van der Waals surface area contributed by atoms with E-state index < -0.39 is 0 Å². The third-order valence-electron chi connectivity index (χ3n) is 5.20. The van der Waals surface area contributed by atoms with Crippen LogP contribution >= 0.6 is 11.3 Å². The zero-order valence-electron chi connectivity index (χ0n) is 14.2. The number of carbonyl (C=O) groups excluding carboxylic acids is 1. The largest absolute Gasteiger partial charge is 0.331 e. The molecule has 0 unspecified atom stereocenters. The molecule has 2 aliphatic rings. The van der Waals surface area contributed by atoms with E-state index in [1.54, 1.807) is 11.3 Å². The summed E-state index contributed by atoms with van der Waals surface area (Å²) in [6, 6.07) is 10.6. The predicted octanol–water partition coefficient (Wildman–Crippen LogP) is 4.16. The first kappa shape index (κ1) is 15.9. The molecule has 1 aromatic carbocycles. The summed E-state index contributed by atoms with van der Waals surface area (Å²) in [5, 5.41) is 1.18. The fourth-order valence-electron chi connectivity index (χ4n) is 3.96. The summed E-state index contributed by atoms with van der Waals surface area (Å²) >= 11 is 1.63. The smallest absolute Gasteiger partial charge is 0.264 e. The summed E-state index contributed by atoms with van der Waals surface area (Å²) in [4.78, 5) is 18.6. The molecule has 0 bridgehead atoms. The van der Waals surface area contributed by atoms with Gasteiger partial charge >= 0.3 is 0 Å². The first-order valence-corrected chi connectivity index (χ1v) is 9.71. The number of rotatable bonds is 2. The Morgan fingerprint density at radius 2 is 2.08 bits per heavy atom. The van der Waals surface area contributed by atoms with E-state index in [0.717, 1.165) is 43.8 Å². The summed E-state index contributed by atoms with van der Waals surface area (Å²) in [6.45, 7) is 3.01. The second-order valence-corrected chi connectivity index (χ2v) is 8.05. The fourth-order valence-corrected chi connectivity index (χ4v) is 4.97. The molecule has 4 rings (SSSR count). The van der Waals surface area contributed by atoms with Crippen molar-refractivity contribution in [2.24, 2.45) is 0 Å². The number of hydrogen-bond acceptors (Lipinski definition) is 3. The molecule has 126 valence electrons. The fraction of sp³-hybridized carbons (Fsp3) is 0.450. The van der Waals surface area contributed by atoms with Gasteiger partial charge in [0.15, 0.2) is 0 Å². The van der Waals surface area contributed by atoms with E-state index in [0.29, 0.717) is 6.04 Å². The molecule has 24 heavy (non-hydrogen) atoms. The van der Waals surface area contributed by atoms with E-state index in [2.05, 4.69) is 41.1 Å². The SMILES string of the molecule is CN1CCC=C([C@H]2CCCCN2C(=O)c2cc3ccccc3s2)C1. The molecule has 0 radical (unpaired) electrons. The lowest BCUT2D eigenvalue weighted by Crippen LogP contribution is -2.47. The summed E-state index contributed by atoms with van der Waals surface area (Å²) in [5.41, 5.74) is 1.44. The molecule has 0 N–H and O–H groups in total. The topological polar surface area (TPSA) is 23.6 Å². The van der Waals surface area contributed by atoms with Crippen LogP contribution in [0.5, 0.6) is 0 Å². The lowest BCUT2D eigenvalue weighted by molar-refractivity contribution is 0.0648. The van der Waals surface area contributed by atoms with Crippen LogP contribution in [0.25, 0.3) is 10.1 Å². The quantitative estimate of drug-likeness (QED) is 0.767. The average Bonchev–Trinajstić information content (AvgIpc) is 3.05. The Bertz CT molecular complexity index is 746. The first-order chi connectivity index (χ1) is 11.7. The molecular formula is C20H24N2OS. The molecule has 1 saturated heterocycles. The number of piperidine rings is 1. The Balaban J connectivity index is 1.62. The van der Waals surface area contributed by atoms with Crippen molar-refractivity contribution in [1.82, 2.24) is 9.80 Å². The lowest BCUT2D eigenvalue weighted by Gasteiger charge is -2.39. The molecule has 0 spiro atoms. The summed E-state index contributed by atoms with van der Waals surface area (Å²) in [5.74, 6) is 0.218. The predicted molar refractivity (Wildman–Crippen MR) is 101 cm³/mol. The van der Waals surface area contributed by atoms with E-state index in [-0.39, 0.29) is 5.91 Å². The maximum Gasteiger partial charge on any atom is 0.264 e. The number of likely N-dealkylation sites (N-methyl/N-ethyl adjacent to an activating group) is 1. The van der Waals surface area contributed by atoms with Crippen molar-refractivity contribution in [1.29, 1.82) is 0 Å².